The topological polar surface area (TPSA) is 29.5 Å². The Morgan fingerprint density at radius 2 is 2.17 bits per heavy atom. The van der Waals surface area contributed by atoms with Gasteiger partial charge in [0.2, 0.25) is 5.92 Å². The number of amides is 1. The number of hydrogen-bond donors (Lipinski definition) is 0. The first-order chi connectivity index (χ1) is 8.27. The summed E-state index contributed by atoms with van der Waals surface area (Å²) in [4.78, 5) is 13.2. The Morgan fingerprint density at radius 1 is 1.44 bits per heavy atom. The average molecular weight is 371 g/mol. The highest BCUT2D eigenvalue weighted by atomic mass is 127. The smallest absolute Gasteiger partial charge is 0.410 e. The van der Waals surface area contributed by atoms with Crippen LogP contribution in [0.5, 0.6) is 0 Å². The number of halogens is 3. The van der Waals surface area contributed by atoms with Gasteiger partial charge in [0.05, 0.1) is 5.54 Å². The van der Waals surface area contributed by atoms with E-state index < -0.39 is 5.92 Å². The summed E-state index contributed by atoms with van der Waals surface area (Å²) in [7, 11) is 1.73. The van der Waals surface area contributed by atoms with Crippen molar-refractivity contribution in [2.75, 3.05) is 13.7 Å². The molecular weight excluding hydrogens is 355 g/mol. The number of ether oxygens (including phenoxy) is 1. The normalized spacial score (nSPS) is 46.3. The average Bonchev–Trinajstić information content (AvgIpc) is 2.68. The molecule has 3 nitrogen and oxygen atoms in total. The molecule has 6 heteroatoms. The quantitative estimate of drug-likeness (QED) is 0.484. The fraction of sp³-hybridized carbons (Fsp3) is 0.917. The minimum Gasteiger partial charge on any atom is -0.447 e. The molecule has 0 aromatic rings. The summed E-state index contributed by atoms with van der Waals surface area (Å²) in [5.74, 6) is -2.28. The lowest BCUT2D eigenvalue weighted by Gasteiger charge is -2.38. The second kappa shape index (κ2) is 3.70. The fourth-order valence-electron chi connectivity index (χ4n) is 3.83. The van der Waals surface area contributed by atoms with Crippen LogP contribution in [0, 0.1) is 5.92 Å². The van der Waals surface area contributed by atoms with Crippen molar-refractivity contribution in [3.05, 3.63) is 0 Å². The number of carbonyl (C=O) groups excluding carboxylic acids is 1. The van der Waals surface area contributed by atoms with E-state index in [-0.39, 0.29) is 33.8 Å². The predicted molar refractivity (Wildman–Crippen MR) is 70.1 cm³/mol. The van der Waals surface area contributed by atoms with Crippen LogP contribution in [0.25, 0.3) is 0 Å². The van der Waals surface area contributed by atoms with Gasteiger partial charge in [0.1, 0.15) is 6.61 Å². The third kappa shape index (κ3) is 1.74. The maximum absolute atomic E-state index is 13.6. The van der Waals surface area contributed by atoms with Gasteiger partial charge in [-0.05, 0) is 25.2 Å². The molecule has 1 heterocycles. The molecule has 1 amide bonds. The van der Waals surface area contributed by atoms with E-state index in [4.69, 9.17) is 4.74 Å². The van der Waals surface area contributed by atoms with E-state index in [0.29, 0.717) is 19.4 Å². The molecule has 0 N–H and O–H groups in total. The van der Waals surface area contributed by atoms with Crippen LogP contribution in [0.3, 0.4) is 0 Å². The zero-order valence-corrected chi connectivity index (χ0v) is 12.4. The van der Waals surface area contributed by atoms with Gasteiger partial charge in [-0.2, -0.15) is 0 Å². The minimum absolute atomic E-state index is 0.0168. The highest BCUT2D eigenvalue weighted by molar-refractivity contribution is 14.1. The summed E-state index contributed by atoms with van der Waals surface area (Å²) in [6.07, 6.45) is 1.59. The fourth-order valence-corrected chi connectivity index (χ4v) is 5.62. The lowest BCUT2D eigenvalue weighted by atomic mass is 9.79. The van der Waals surface area contributed by atoms with Crippen molar-refractivity contribution in [2.24, 2.45) is 5.92 Å². The number of carbonyl (C=O) groups is 1. The van der Waals surface area contributed by atoms with Gasteiger partial charge in [0.25, 0.3) is 0 Å². The van der Waals surface area contributed by atoms with Gasteiger partial charge >= 0.3 is 6.09 Å². The van der Waals surface area contributed by atoms with Crippen molar-refractivity contribution in [2.45, 2.75) is 47.0 Å². The lowest BCUT2D eigenvalue weighted by molar-refractivity contribution is -0.0523. The van der Waals surface area contributed by atoms with E-state index in [1.165, 1.54) is 0 Å². The van der Waals surface area contributed by atoms with Gasteiger partial charge in [0, 0.05) is 23.3 Å². The van der Waals surface area contributed by atoms with Crippen molar-refractivity contribution >= 4 is 28.7 Å². The summed E-state index contributed by atoms with van der Waals surface area (Å²) < 4.78 is 32.0. The van der Waals surface area contributed by atoms with Crippen LogP contribution in [0.1, 0.15) is 32.1 Å². The van der Waals surface area contributed by atoms with Gasteiger partial charge in [-0.1, -0.05) is 22.6 Å². The molecule has 0 aromatic carbocycles. The Hall–Kier alpha value is -0.140. The van der Waals surface area contributed by atoms with Gasteiger partial charge in [-0.3, -0.25) is 0 Å². The van der Waals surface area contributed by atoms with Crippen LogP contribution < -0.4 is 0 Å². The Labute approximate surface area is 118 Å². The van der Waals surface area contributed by atoms with E-state index in [0.717, 1.165) is 6.42 Å². The molecule has 0 bridgehead atoms. The number of likely N-dealkylation sites (N-methyl/N-ethyl adjacent to an activating group) is 1. The molecule has 2 aliphatic carbocycles. The summed E-state index contributed by atoms with van der Waals surface area (Å²) in [6, 6.07) is 0. The molecule has 0 aromatic heterocycles. The molecule has 0 radical (unpaired) electrons. The second-order valence-corrected chi connectivity index (χ2v) is 8.17. The first-order valence-electron chi connectivity index (χ1n) is 6.24. The number of nitrogens with zero attached hydrogens (tertiary/aromatic N) is 1. The maximum atomic E-state index is 13.6. The van der Waals surface area contributed by atoms with Crippen molar-refractivity contribution in [1.82, 2.24) is 4.90 Å². The van der Waals surface area contributed by atoms with Crippen LogP contribution >= 0.6 is 22.6 Å². The van der Waals surface area contributed by atoms with Crippen LogP contribution in [0.2, 0.25) is 0 Å². The SMILES string of the molecule is CN1C(=O)OCC12C[C@@H]1CCC(F)(F)C[C@@]1(I)C2. The van der Waals surface area contributed by atoms with E-state index in [9.17, 15) is 13.6 Å². The Balaban J connectivity index is 1.88. The van der Waals surface area contributed by atoms with Gasteiger partial charge in [0.15, 0.2) is 0 Å². The van der Waals surface area contributed by atoms with Crippen LogP contribution in [0.15, 0.2) is 0 Å². The van der Waals surface area contributed by atoms with Crippen molar-refractivity contribution in [3.8, 4) is 0 Å². The number of cyclic esters (lactones) is 1. The van der Waals surface area contributed by atoms with Gasteiger partial charge < -0.3 is 9.64 Å². The highest BCUT2D eigenvalue weighted by Crippen LogP contribution is 2.60. The molecule has 1 spiro atoms. The zero-order valence-electron chi connectivity index (χ0n) is 10.2. The van der Waals surface area contributed by atoms with E-state index >= 15 is 0 Å². The predicted octanol–water partition coefficient (Wildman–Crippen LogP) is 3.21. The summed E-state index contributed by atoms with van der Waals surface area (Å²) in [5, 5.41) is 0. The Bertz CT molecular complexity index is 406. The van der Waals surface area contributed by atoms with Crippen LogP contribution in [-0.2, 0) is 4.74 Å². The molecule has 1 aliphatic heterocycles. The molecule has 3 fully saturated rings. The lowest BCUT2D eigenvalue weighted by Crippen LogP contribution is -2.44. The van der Waals surface area contributed by atoms with Crippen molar-refractivity contribution < 1.29 is 18.3 Å². The van der Waals surface area contributed by atoms with Gasteiger partial charge in [-0.15, -0.1) is 0 Å². The highest BCUT2D eigenvalue weighted by Gasteiger charge is 2.63. The molecule has 1 saturated heterocycles. The largest absolute Gasteiger partial charge is 0.447 e. The second-order valence-electron chi connectivity index (χ2n) is 6.02. The molecule has 1 unspecified atom stereocenters. The summed E-state index contributed by atoms with van der Waals surface area (Å²) in [6.45, 7) is 0.356. The zero-order chi connectivity index (χ0) is 13.2. The molecular formula is C12H16F2INO2. The molecule has 102 valence electrons. The number of hydrogen-bond acceptors (Lipinski definition) is 2. The van der Waals surface area contributed by atoms with E-state index in [1.807, 2.05) is 0 Å². The Morgan fingerprint density at radius 3 is 2.78 bits per heavy atom. The first-order valence-corrected chi connectivity index (χ1v) is 7.32. The van der Waals surface area contributed by atoms with Crippen LogP contribution in [0.4, 0.5) is 13.6 Å². The number of fused-ring (bicyclic) bond motifs is 1. The van der Waals surface area contributed by atoms with Crippen molar-refractivity contribution in [1.29, 1.82) is 0 Å². The third-order valence-electron chi connectivity index (χ3n) is 4.84. The summed E-state index contributed by atoms with van der Waals surface area (Å²) >= 11 is 2.21. The molecule has 2 saturated carbocycles. The van der Waals surface area contributed by atoms with E-state index in [2.05, 4.69) is 22.6 Å². The molecule has 18 heavy (non-hydrogen) atoms. The standard InChI is InChI=1S/C12H16F2INO2/c1-16-9(17)18-7-10(16)4-8-2-3-12(13,14)6-11(8,15)5-10/h8H,2-7H2,1H3/t8-,10?,11-/m0/s1. The summed E-state index contributed by atoms with van der Waals surface area (Å²) in [5.41, 5.74) is -0.344. The van der Waals surface area contributed by atoms with Crippen molar-refractivity contribution in [3.63, 3.8) is 0 Å². The monoisotopic (exact) mass is 371 g/mol. The molecule has 3 atom stereocenters. The minimum atomic E-state index is -2.55. The third-order valence-corrected chi connectivity index (χ3v) is 6.49. The first kappa shape index (κ1) is 12.9. The number of alkyl halides is 3. The maximum Gasteiger partial charge on any atom is 0.410 e. The van der Waals surface area contributed by atoms with E-state index in [1.54, 1.807) is 11.9 Å². The van der Waals surface area contributed by atoms with Gasteiger partial charge in [-0.25, -0.2) is 13.6 Å². The molecule has 3 rings (SSSR count). The Kier molecular flexibility index (Phi) is 2.65. The number of rotatable bonds is 0. The molecule has 3 aliphatic rings. The van der Waals surface area contributed by atoms with Crippen LogP contribution in [-0.4, -0.2) is 39.5 Å².